The van der Waals surface area contributed by atoms with E-state index in [2.05, 4.69) is 30.3 Å². The van der Waals surface area contributed by atoms with Crippen molar-refractivity contribution in [1.29, 1.82) is 0 Å². The number of hydrogen-bond acceptors (Lipinski definition) is 3. The monoisotopic (exact) mass is 272 g/mol. The summed E-state index contributed by atoms with van der Waals surface area (Å²) in [6.07, 6.45) is 10.4. The van der Waals surface area contributed by atoms with Crippen molar-refractivity contribution in [3.05, 3.63) is 0 Å². The number of nitrogens with zero attached hydrogens (tertiary/aromatic N) is 1. The molecule has 0 aromatic rings. The van der Waals surface area contributed by atoms with Crippen LogP contribution in [0.4, 0.5) is 0 Å². The van der Waals surface area contributed by atoms with E-state index in [1.807, 2.05) is 11.8 Å². The van der Waals surface area contributed by atoms with E-state index >= 15 is 0 Å². The van der Waals surface area contributed by atoms with E-state index in [-0.39, 0.29) is 0 Å². The predicted octanol–water partition coefficient (Wildman–Crippen LogP) is 3.37. The lowest BCUT2D eigenvalue weighted by molar-refractivity contribution is 0.161. The van der Waals surface area contributed by atoms with Gasteiger partial charge < -0.3 is 10.2 Å². The van der Waals surface area contributed by atoms with Gasteiger partial charge in [0.15, 0.2) is 0 Å². The molecule has 0 spiro atoms. The molecule has 0 aliphatic carbocycles. The molecule has 0 radical (unpaired) electrons. The Labute approximate surface area is 118 Å². The standard InChI is InChI=1S/C15H32N2S/c1-14(2)17-11-8-15(9-12-17)16-10-6-4-5-7-13-18-3/h14-16H,4-13H2,1-3H3. The van der Waals surface area contributed by atoms with E-state index in [0.717, 1.165) is 12.1 Å². The number of nitrogens with one attached hydrogen (secondary N) is 1. The maximum Gasteiger partial charge on any atom is 0.00914 e. The number of unbranched alkanes of at least 4 members (excludes halogenated alkanes) is 3. The summed E-state index contributed by atoms with van der Waals surface area (Å²) < 4.78 is 0. The van der Waals surface area contributed by atoms with Gasteiger partial charge in [0.1, 0.15) is 0 Å². The third-order valence-electron chi connectivity index (χ3n) is 3.97. The summed E-state index contributed by atoms with van der Waals surface area (Å²) in [5.74, 6) is 1.33. The van der Waals surface area contributed by atoms with Crippen LogP contribution in [0.3, 0.4) is 0 Å². The maximum absolute atomic E-state index is 3.74. The van der Waals surface area contributed by atoms with Crippen LogP contribution >= 0.6 is 11.8 Å². The Morgan fingerprint density at radius 3 is 2.39 bits per heavy atom. The minimum Gasteiger partial charge on any atom is -0.314 e. The molecule has 1 aliphatic rings. The first kappa shape index (κ1) is 16.3. The Balaban J connectivity index is 1.91. The first-order valence-electron chi connectivity index (χ1n) is 7.70. The van der Waals surface area contributed by atoms with Crippen molar-refractivity contribution in [2.45, 2.75) is 64.5 Å². The largest absolute Gasteiger partial charge is 0.314 e. The van der Waals surface area contributed by atoms with Crippen molar-refractivity contribution >= 4 is 11.8 Å². The third kappa shape index (κ3) is 7.01. The quantitative estimate of drug-likeness (QED) is 0.648. The van der Waals surface area contributed by atoms with E-state index in [1.54, 1.807) is 0 Å². The van der Waals surface area contributed by atoms with Crippen molar-refractivity contribution in [3.8, 4) is 0 Å². The molecule has 3 heteroatoms. The van der Waals surface area contributed by atoms with Gasteiger partial charge in [-0.3, -0.25) is 0 Å². The second-order valence-electron chi connectivity index (χ2n) is 5.77. The molecular weight excluding hydrogens is 240 g/mol. The van der Waals surface area contributed by atoms with Gasteiger partial charge in [0.2, 0.25) is 0 Å². The zero-order valence-corrected chi connectivity index (χ0v) is 13.4. The molecule has 0 saturated carbocycles. The van der Waals surface area contributed by atoms with Crippen LogP contribution in [0.5, 0.6) is 0 Å². The second kappa shape index (κ2) is 10.1. The minimum absolute atomic E-state index is 0.724. The number of piperidine rings is 1. The Bertz CT molecular complexity index is 189. The maximum atomic E-state index is 3.74. The summed E-state index contributed by atoms with van der Waals surface area (Å²) in [5, 5.41) is 3.74. The van der Waals surface area contributed by atoms with Crippen LogP contribution in [0.15, 0.2) is 0 Å². The fourth-order valence-corrected chi connectivity index (χ4v) is 3.14. The molecule has 0 atom stereocenters. The molecule has 1 fully saturated rings. The number of hydrogen-bond donors (Lipinski definition) is 1. The highest BCUT2D eigenvalue weighted by atomic mass is 32.2. The first-order valence-corrected chi connectivity index (χ1v) is 9.09. The van der Waals surface area contributed by atoms with Crippen molar-refractivity contribution in [2.75, 3.05) is 31.6 Å². The molecule has 0 unspecified atom stereocenters. The summed E-state index contributed by atoms with van der Waals surface area (Å²) in [7, 11) is 0. The summed E-state index contributed by atoms with van der Waals surface area (Å²) in [4.78, 5) is 2.60. The molecule has 0 bridgehead atoms. The normalized spacial score (nSPS) is 18.7. The molecule has 0 aromatic heterocycles. The van der Waals surface area contributed by atoms with Gasteiger partial charge in [-0.25, -0.2) is 0 Å². The highest BCUT2D eigenvalue weighted by Gasteiger charge is 2.19. The van der Waals surface area contributed by atoms with Gasteiger partial charge in [-0.2, -0.15) is 11.8 Å². The number of thioether (sulfide) groups is 1. The van der Waals surface area contributed by atoms with E-state index in [4.69, 9.17) is 0 Å². The molecule has 0 aromatic carbocycles. The lowest BCUT2D eigenvalue weighted by Crippen LogP contribution is -2.45. The molecule has 18 heavy (non-hydrogen) atoms. The van der Waals surface area contributed by atoms with Crippen LogP contribution in [-0.2, 0) is 0 Å². The Hall–Kier alpha value is 0.270. The predicted molar refractivity (Wildman–Crippen MR) is 84.6 cm³/mol. The van der Waals surface area contributed by atoms with Crippen LogP contribution in [0, 0.1) is 0 Å². The lowest BCUT2D eigenvalue weighted by Gasteiger charge is -2.35. The summed E-state index contributed by atoms with van der Waals surface area (Å²) >= 11 is 1.97. The van der Waals surface area contributed by atoms with Crippen molar-refractivity contribution in [3.63, 3.8) is 0 Å². The zero-order valence-electron chi connectivity index (χ0n) is 12.6. The first-order chi connectivity index (χ1) is 8.74. The highest BCUT2D eigenvalue weighted by molar-refractivity contribution is 7.98. The molecule has 1 N–H and O–H groups in total. The van der Waals surface area contributed by atoms with Crippen molar-refractivity contribution < 1.29 is 0 Å². The van der Waals surface area contributed by atoms with Crippen molar-refractivity contribution in [1.82, 2.24) is 10.2 Å². The molecular formula is C15H32N2S. The van der Waals surface area contributed by atoms with E-state index in [0.29, 0.717) is 0 Å². The van der Waals surface area contributed by atoms with Gasteiger partial charge in [-0.15, -0.1) is 0 Å². The Morgan fingerprint density at radius 1 is 1.11 bits per heavy atom. The van der Waals surface area contributed by atoms with Crippen LogP contribution in [0.2, 0.25) is 0 Å². The molecule has 0 amide bonds. The van der Waals surface area contributed by atoms with Crippen LogP contribution < -0.4 is 5.32 Å². The van der Waals surface area contributed by atoms with Crippen LogP contribution in [0.25, 0.3) is 0 Å². The van der Waals surface area contributed by atoms with Gasteiger partial charge >= 0.3 is 0 Å². The number of likely N-dealkylation sites (tertiary alicyclic amines) is 1. The summed E-state index contributed by atoms with van der Waals surface area (Å²) in [5.41, 5.74) is 0. The van der Waals surface area contributed by atoms with Crippen LogP contribution in [-0.4, -0.2) is 48.6 Å². The molecule has 1 heterocycles. The van der Waals surface area contributed by atoms with Gasteiger partial charge in [0, 0.05) is 12.1 Å². The van der Waals surface area contributed by atoms with Gasteiger partial charge in [-0.05, 0) is 71.2 Å². The average molecular weight is 273 g/mol. The van der Waals surface area contributed by atoms with Crippen LogP contribution in [0.1, 0.15) is 52.4 Å². The van der Waals surface area contributed by atoms with E-state index in [1.165, 1.54) is 63.9 Å². The minimum atomic E-state index is 0.724. The van der Waals surface area contributed by atoms with Crippen molar-refractivity contribution in [2.24, 2.45) is 0 Å². The molecule has 1 aliphatic heterocycles. The molecule has 1 saturated heterocycles. The van der Waals surface area contributed by atoms with Gasteiger partial charge in [-0.1, -0.05) is 12.8 Å². The third-order valence-corrected chi connectivity index (χ3v) is 4.67. The Kier molecular flexibility index (Phi) is 9.16. The van der Waals surface area contributed by atoms with E-state index in [9.17, 15) is 0 Å². The van der Waals surface area contributed by atoms with Gasteiger partial charge in [0.25, 0.3) is 0 Å². The number of rotatable bonds is 9. The second-order valence-corrected chi connectivity index (χ2v) is 6.75. The lowest BCUT2D eigenvalue weighted by atomic mass is 10.0. The average Bonchev–Trinajstić information content (AvgIpc) is 2.38. The Morgan fingerprint density at radius 2 is 1.78 bits per heavy atom. The smallest absolute Gasteiger partial charge is 0.00914 e. The molecule has 2 nitrogen and oxygen atoms in total. The van der Waals surface area contributed by atoms with E-state index < -0.39 is 0 Å². The highest BCUT2D eigenvalue weighted by Crippen LogP contribution is 2.13. The SMILES string of the molecule is CSCCCCCCNC1CCN(C(C)C)CC1. The fraction of sp³-hybridized carbons (Fsp3) is 1.00. The topological polar surface area (TPSA) is 15.3 Å². The molecule has 1 rings (SSSR count). The van der Waals surface area contributed by atoms with Gasteiger partial charge in [0.05, 0.1) is 0 Å². The fourth-order valence-electron chi connectivity index (χ4n) is 2.65. The molecule has 108 valence electrons. The zero-order chi connectivity index (χ0) is 13.2. The summed E-state index contributed by atoms with van der Waals surface area (Å²) in [6.45, 7) is 8.41. The summed E-state index contributed by atoms with van der Waals surface area (Å²) in [6, 6.07) is 1.51.